The highest BCUT2D eigenvalue weighted by molar-refractivity contribution is 6.30. The smallest absolute Gasteiger partial charge is 0.224 e. The summed E-state index contributed by atoms with van der Waals surface area (Å²) in [5, 5.41) is 3.54. The van der Waals surface area contributed by atoms with E-state index in [-0.39, 0.29) is 11.3 Å². The molecule has 0 heterocycles. The number of carbonyl (C=O) groups is 1. The first-order valence-corrected chi connectivity index (χ1v) is 7.27. The van der Waals surface area contributed by atoms with E-state index < -0.39 is 0 Å². The van der Waals surface area contributed by atoms with Gasteiger partial charge in [-0.1, -0.05) is 36.9 Å². The summed E-state index contributed by atoms with van der Waals surface area (Å²) >= 11 is 5.90. The van der Waals surface area contributed by atoms with Crippen LogP contribution in [-0.4, -0.2) is 12.5 Å². The predicted molar refractivity (Wildman–Crippen MR) is 79.3 cm³/mol. The number of halogens is 1. The standard InChI is InChI=1S/C15H21ClN2O/c16-12-5-4-6-13(9-12)18-14(19)10-15(11-17)7-2-1-3-8-15/h4-6,9H,1-3,7-8,10-11,17H2,(H,18,19). The average molecular weight is 281 g/mol. The first-order chi connectivity index (χ1) is 9.13. The third kappa shape index (κ3) is 3.95. The van der Waals surface area contributed by atoms with Gasteiger partial charge in [-0.25, -0.2) is 0 Å². The molecule has 1 aliphatic rings. The van der Waals surface area contributed by atoms with Gasteiger partial charge in [-0.3, -0.25) is 4.79 Å². The third-order valence-electron chi connectivity index (χ3n) is 3.99. The fourth-order valence-electron chi connectivity index (χ4n) is 2.87. The summed E-state index contributed by atoms with van der Waals surface area (Å²) < 4.78 is 0. The van der Waals surface area contributed by atoms with Crippen molar-refractivity contribution in [1.82, 2.24) is 0 Å². The van der Waals surface area contributed by atoms with Crippen molar-refractivity contribution < 1.29 is 4.79 Å². The van der Waals surface area contributed by atoms with E-state index in [1.54, 1.807) is 12.1 Å². The highest BCUT2D eigenvalue weighted by Crippen LogP contribution is 2.38. The molecule has 1 aromatic rings. The van der Waals surface area contributed by atoms with Gasteiger partial charge in [0.1, 0.15) is 0 Å². The number of benzene rings is 1. The molecule has 1 saturated carbocycles. The number of hydrogen-bond acceptors (Lipinski definition) is 2. The van der Waals surface area contributed by atoms with E-state index in [1.807, 2.05) is 12.1 Å². The molecule has 0 atom stereocenters. The Hall–Kier alpha value is -1.06. The molecule has 0 aliphatic heterocycles. The van der Waals surface area contributed by atoms with Gasteiger partial charge in [-0.15, -0.1) is 0 Å². The highest BCUT2D eigenvalue weighted by Gasteiger charge is 2.32. The van der Waals surface area contributed by atoms with Gasteiger partial charge in [0.2, 0.25) is 5.91 Å². The monoisotopic (exact) mass is 280 g/mol. The summed E-state index contributed by atoms with van der Waals surface area (Å²) in [6, 6.07) is 7.23. The Kier molecular flexibility index (Phi) is 4.83. The van der Waals surface area contributed by atoms with Crippen LogP contribution in [0.3, 0.4) is 0 Å². The number of hydrogen-bond donors (Lipinski definition) is 2. The molecule has 1 aromatic carbocycles. The highest BCUT2D eigenvalue weighted by atomic mass is 35.5. The van der Waals surface area contributed by atoms with E-state index >= 15 is 0 Å². The van der Waals surface area contributed by atoms with E-state index in [2.05, 4.69) is 5.32 Å². The zero-order valence-corrected chi connectivity index (χ0v) is 11.9. The van der Waals surface area contributed by atoms with Crippen LogP contribution in [0.2, 0.25) is 5.02 Å². The van der Waals surface area contributed by atoms with E-state index in [4.69, 9.17) is 17.3 Å². The number of rotatable bonds is 4. The molecule has 0 bridgehead atoms. The third-order valence-corrected chi connectivity index (χ3v) is 4.23. The van der Waals surface area contributed by atoms with Crippen LogP contribution in [0.5, 0.6) is 0 Å². The number of carbonyl (C=O) groups excluding carboxylic acids is 1. The number of nitrogens with one attached hydrogen (secondary N) is 1. The molecule has 0 unspecified atom stereocenters. The average Bonchev–Trinajstić information content (AvgIpc) is 2.39. The summed E-state index contributed by atoms with van der Waals surface area (Å²) in [6.07, 6.45) is 6.26. The molecule has 0 spiro atoms. The molecule has 3 nitrogen and oxygen atoms in total. The molecular weight excluding hydrogens is 260 g/mol. The summed E-state index contributed by atoms with van der Waals surface area (Å²) in [6.45, 7) is 0.593. The van der Waals surface area contributed by atoms with Crippen LogP contribution in [0.1, 0.15) is 38.5 Å². The summed E-state index contributed by atoms with van der Waals surface area (Å²) in [5.74, 6) is 0.0367. The molecule has 0 aromatic heterocycles. The Labute approximate surface area is 119 Å². The Balaban J connectivity index is 1.96. The Bertz CT molecular complexity index is 442. The summed E-state index contributed by atoms with van der Waals surface area (Å²) in [7, 11) is 0. The fraction of sp³-hybridized carbons (Fsp3) is 0.533. The predicted octanol–water partition coefficient (Wildman–Crippen LogP) is 3.58. The lowest BCUT2D eigenvalue weighted by Crippen LogP contribution is -2.36. The number of amides is 1. The molecule has 4 heteroatoms. The molecular formula is C15H21ClN2O. The second-order valence-corrected chi connectivity index (χ2v) is 5.94. The van der Waals surface area contributed by atoms with Crippen LogP contribution in [0, 0.1) is 5.41 Å². The Morgan fingerprint density at radius 3 is 2.68 bits per heavy atom. The molecule has 3 N–H and O–H groups in total. The maximum absolute atomic E-state index is 12.1. The zero-order valence-electron chi connectivity index (χ0n) is 11.1. The van der Waals surface area contributed by atoms with Gasteiger partial charge < -0.3 is 11.1 Å². The van der Waals surface area contributed by atoms with Crippen molar-refractivity contribution >= 4 is 23.2 Å². The zero-order chi connectivity index (χ0) is 13.7. The first kappa shape index (κ1) is 14.4. The SMILES string of the molecule is NCC1(CC(=O)Nc2cccc(Cl)c2)CCCCC1. The normalized spacial score (nSPS) is 18.0. The molecule has 1 aliphatic carbocycles. The van der Waals surface area contributed by atoms with Gasteiger partial charge >= 0.3 is 0 Å². The summed E-state index contributed by atoms with van der Waals surface area (Å²) in [4.78, 5) is 12.1. The van der Waals surface area contributed by atoms with Crippen molar-refractivity contribution in [2.45, 2.75) is 38.5 Å². The lowest BCUT2D eigenvalue weighted by Gasteiger charge is -2.35. The molecule has 0 saturated heterocycles. The van der Waals surface area contributed by atoms with Crippen LogP contribution in [0.15, 0.2) is 24.3 Å². The number of anilines is 1. The van der Waals surface area contributed by atoms with Gasteiger partial charge in [-0.2, -0.15) is 0 Å². The minimum Gasteiger partial charge on any atom is -0.330 e. The van der Waals surface area contributed by atoms with Crippen LogP contribution in [0.25, 0.3) is 0 Å². The van der Waals surface area contributed by atoms with E-state index in [0.717, 1.165) is 18.5 Å². The van der Waals surface area contributed by atoms with Gasteiger partial charge in [-0.05, 0) is 43.0 Å². The van der Waals surface area contributed by atoms with E-state index in [1.165, 1.54) is 19.3 Å². The Morgan fingerprint density at radius 1 is 1.32 bits per heavy atom. The fourth-order valence-corrected chi connectivity index (χ4v) is 3.06. The lowest BCUT2D eigenvalue weighted by molar-refractivity contribution is -0.118. The summed E-state index contributed by atoms with van der Waals surface area (Å²) in [5.41, 5.74) is 6.65. The van der Waals surface area contributed by atoms with Gasteiger partial charge in [0.05, 0.1) is 0 Å². The minimum atomic E-state index is 0.000901. The van der Waals surface area contributed by atoms with Crippen molar-refractivity contribution in [2.24, 2.45) is 11.1 Å². The minimum absolute atomic E-state index is 0.000901. The van der Waals surface area contributed by atoms with Crippen LogP contribution in [0.4, 0.5) is 5.69 Å². The quantitative estimate of drug-likeness (QED) is 0.886. The van der Waals surface area contributed by atoms with Crippen molar-refractivity contribution in [3.8, 4) is 0 Å². The van der Waals surface area contributed by atoms with Crippen molar-refractivity contribution in [3.05, 3.63) is 29.3 Å². The van der Waals surface area contributed by atoms with Crippen molar-refractivity contribution in [1.29, 1.82) is 0 Å². The Morgan fingerprint density at radius 2 is 2.05 bits per heavy atom. The maximum Gasteiger partial charge on any atom is 0.224 e. The second kappa shape index (κ2) is 6.40. The van der Waals surface area contributed by atoms with Crippen molar-refractivity contribution in [2.75, 3.05) is 11.9 Å². The molecule has 1 fully saturated rings. The molecule has 1 amide bonds. The van der Waals surface area contributed by atoms with Crippen LogP contribution >= 0.6 is 11.6 Å². The van der Waals surface area contributed by atoms with Gasteiger partial charge in [0, 0.05) is 17.1 Å². The van der Waals surface area contributed by atoms with Crippen LogP contribution in [-0.2, 0) is 4.79 Å². The second-order valence-electron chi connectivity index (χ2n) is 5.50. The molecule has 19 heavy (non-hydrogen) atoms. The molecule has 104 valence electrons. The lowest BCUT2D eigenvalue weighted by atomic mass is 9.71. The first-order valence-electron chi connectivity index (χ1n) is 6.89. The molecule has 2 rings (SSSR count). The number of nitrogens with two attached hydrogens (primary N) is 1. The van der Waals surface area contributed by atoms with Gasteiger partial charge in [0.25, 0.3) is 0 Å². The van der Waals surface area contributed by atoms with Gasteiger partial charge in [0.15, 0.2) is 0 Å². The largest absolute Gasteiger partial charge is 0.330 e. The maximum atomic E-state index is 12.1. The van der Waals surface area contributed by atoms with E-state index in [0.29, 0.717) is 18.0 Å². The topological polar surface area (TPSA) is 55.1 Å². The van der Waals surface area contributed by atoms with Crippen LogP contribution < -0.4 is 11.1 Å². The molecule has 0 radical (unpaired) electrons. The van der Waals surface area contributed by atoms with Crippen molar-refractivity contribution in [3.63, 3.8) is 0 Å². The van der Waals surface area contributed by atoms with E-state index in [9.17, 15) is 4.79 Å².